The minimum absolute atomic E-state index is 0.0793. The van der Waals surface area contributed by atoms with E-state index in [0.717, 1.165) is 0 Å². The zero-order valence-corrected chi connectivity index (χ0v) is 14.3. The van der Waals surface area contributed by atoms with Gasteiger partial charge in [-0.25, -0.2) is 4.79 Å². The zero-order chi connectivity index (χ0) is 18.3. The molecule has 24 heavy (non-hydrogen) atoms. The van der Waals surface area contributed by atoms with Crippen LogP contribution in [0.5, 0.6) is 5.75 Å². The van der Waals surface area contributed by atoms with Gasteiger partial charge in [-0.3, -0.25) is 9.59 Å². The van der Waals surface area contributed by atoms with Crippen molar-refractivity contribution in [2.45, 2.75) is 39.3 Å². The number of hydrogen-bond donors (Lipinski definition) is 3. The molecule has 0 aliphatic carbocycles. The van der Waals surface area contributed by atoms with Crippen molar-refractivity contribution < 1.29 is 24.2 Å². The number of amides is 2. The number of carboxylic acids is 1. The maximum Gasteiger partial charge on any atom is 0.326 e. The van der Waals surface area contributed by atoms with E-state index in [-0.39, 0.29) is 18.2 Å². The monoisotopic (exact) mass is 336 g/mol. The SMILES string of the molecule is COc1ccccc1C[C@@H](NC(=O)[C@H](NC(C)=O)C(C)C)C(=O)O. The summed E-state index contributed by atoms with van der Waals surface area (Å²) in [5.41, 5.74) is 0.674. The third-order valence-electron chi connectivity index (χ3n) is 3.54. The molecule has 0 bridgehead atoms. The number of para-hydroxylation sites is 1. The molecule has 2 atom stereocenters. The maximum absolute atomic E-state index is 12.4. The molecule has 7 nitrogen and oxygen atoms in total. The Morgan fingerprint density at radius 1 is 1.17 bits per heavy atom. The van der Waals surface area contributed by atoms with Gasteiger partial charge < -0.3 is 20.5 Å². The van der Waals surface area contributed by atoms with Crippen molar-refractivity contribution in [1.82, 2.24) is 10.6 Å². The average molecular weight is 336 g/mol. The summed E-state index contributed by atoms with van der Waals surface area (Å²) in [6.07, 6.45) is 0.0793. The summed E-state index contributed by atoms with van der Waals surface area (Å²) < 4.78 is 5.21. The molecule has 1 rings (SSSR count). The summed E-state index contributed by atoms with van der Waals surface area (Å²) in [4.78, 5) is 35.1. The van der Waals surface area contributed by atoms with Crippen molar-refractivity contribution in [1.29, 1.82) is 0 Å². The number of carbonyl (C=O) groups excluding carboxylic acids is 2. The second-order valence-electron chi connectivity index (χ2n) is 5.84. The van der Waals surface area contributed by atoms with Crippen molar-refractivity contribution in [3.8, 4) is 5.75 Å². The van der Waals surface area contributed by atoms with E-state index in [0.29, 0.717) is 11.3 Å². The predicted molar refractivity (Wildman–Crippen MR) is 88.7 cm³/mol. The number of hydrogen-bond acceptors (Lipinski definition) is 4. The lowest BCUT2D eigenvalue weighted by Crippen LogP contribution is -2.53. The summed E-state index contributed by atoms with van der Waals surface area (Å²) in [6.45, 7) is 4.86. The number of nitrogens with one attached hydrogen (secondary N) is 2. The highest BCUT2D eigenvalue weighted by Gasteiger charge is 2.28. The molecule has 0 spiro atoms. The van der Waals surface area contributed by atoms with Gasteiger partial charge in [0, 0.05) is 13.3 Å². The van der Waals surface area contributed by atoms with Crippen LogP contribution < -0.4 is 15.4 Å². The van der Waals surface area contributed by atoms with E-state index in [4.69, 9.17) is 4.74 Å². The molecule has 0 saturated carbocycles. The molecule has 3 N–H and O–H groups in total. The fourth-order valence-corrected chi connectivity index (χ4v) is 2.31. The van der Waals surface area contributed by atoms with Gasteiger partial charge in [-0.15, -0.1) is 0 Å². The van der Waals surface area contributed by atoms with Gasteiger partial charge in [0.1, 0.15) is 17.8 Å². The summed E-state index contributed by atoms with van der Waals surface area (Å²) >= 11 is 0. The summed E-state index contributed by atoms with van der Waals surface area (Å²) in [5.74, 6) is -1.64. The molecule has 1 aromatic rings. The molecule has 1 aromatic carbocycles. The van der Waals surface area contributed by atoms with Gasteiger partial charge in [0.25, 0.3) is 0 Å². The Morgan fingerprint density at radius 3 is 2.29 bits per heavy atom. The van der Waals surface area contributed by atoms with Gasteiger partial charge in [0.15, 0.2) is 0 Å². The molecule has 2 amide bonds. The number of aliphatic carboxylic acids is 1. The number of benzene rings is 1. The Morgan fingerprint density at radius 2 is 1.79 bits per heavy atom. The molecule has 0 radical (unpaired) electrons. The molecule has 0 aromatic heterocycles. The van der Waals surface area contributed by atoms with Gasteiger partial charge in [0.05, 0.1) is 7.11 Å². The molecule has 0 saturated heterocycles. The van der Waals surface area contributed by atoms with Gasteiger partial charge >= 0.3 is 5.97 Å². The normalized spacial score (nSPS) is 13.0. The first-order valence-electron chi connectivity index (χ1n) is 7.68. The Hall–Kier alpha value is -2.57. The average Bonchev–Trinajstić information content (AvgIpc) is 2.51. The van der Waals surface area contributed by atoms with Crippen molar-refractivity contribution in [2.24, 2.45) is 5.92 Å². The summed E-state index contributed by atoms with van der Waals surface area (Å²) in [5, 5.41) is 14.4. The Kier molecular flexibility index (Phi) is 7.23. The van der Waals surface area contributed by atoms with Crippen molar-refractivity contribution >= 4 is 17.8 Å². The third kappa shape index (κ3) is 5.57. The Bertz CT molecular complexity index is 600. The van der Waals surface area contributed by atoms with Gasteiger partial charge in [-0.1, -0.05) is 32.0 Å². The lowest BCUT2D eigenvalue weighted by molar-refractivity contribution is -0.142. The van der Waals surface area contributed by atoms with Crippen LogP contribution in [-0.4, -0.2) is 42.1 Å². The van der Waals surface area contributed by atoms with Crippen LogP contribution in [0.25, 0.3) is 0 Å². The van der Waals surface area contributed by atoms with E-state index < -0.39 is 24.0 Å². The Balaban J connectivity index is 2.90. The summed E-state index contributed by atoms with van der Waals surface area (Å²) in [7, 11) is 1.50. The van der Waals surface area contributed by atoms with Gasteiger partial charge in [-0.05, 0) is 17.5 Å². The van der Waals surface area contributed by atoms with E-state index in [1.807, 2.05) is 0 Å². The van der Waals surface area contributed by atoms with Crippen LogP contribution >= 0.6 is 0 Å². The van der Waals surface area contributed by atoms with E-state index in [2.05, 4.69) is 10.6 Å². The summed E-state index contributed by atoms with van der Waals surface area (Å²) in [6, 6.07) is 5.11. The molecule has 0 fully saturated rings. The number of carbonyl (C=O) groups is 3. The molecular weight excluding hydrogens is 312 g/mol. The first-order chi connectivity index (χ1) is 11.3. The quantitative estimate of drug-likeness (QED) is 0.656. The molecular formula is C17H24N2O5. The molecule has 0 aliphatic heterocycles. The second-order valence-corrected chi connectivity index (χ2v) is 5.84. The van der Waals surface area contributed by atoms with Crippen LogP contribution in [0.1, 0.15) is 26.3 Å². The topological polar surface area (TPSA) is 105 Å². The Labute approximate surface area is 141 Å². The van der Waals surface area contributed by atoms with E-state index in [1.165, 1.54) is 14.0 Å². The predicted octanol–water partition coefficient (Wildman–Crippen LogP) is 0.968. The molecule has 7 heteroatoms. The molecule has 0 unspecified atom stereocenters. The van der Waals surface area contributed by atoms with Gasteiger partial charge in [-0.2, -0.15) is 0 Å². The number of carboxylic acid groups (broad SMARTS) is 1. The third-order valence-corrected chi connectivity index (χ3v) is 3.54. The number of rotatable bonds is 8. The number of ether oxygens (including phenoxy) is 1. The highest BCUT2D eigenvalue weighted by Crippen LogP contribution is 2.19. The minimum atomic E-state index is -1.15. The largest absolute Gasteiger partial charge is 0.496 e. The van der Waals surface area contributed by atoms with E-state index in [9.17, 15) is 19.5 Å². The molecule has 0 aliphatic rings. The van der Waals surface area contributed by atoms with Crippen LogP contribution in [0.15, 0.2) is 24.3 Å². The smallest absolute Gasteiger partial charge is 0.326 e. The number of methoxy groups -OCH3 is 1. The van der Waals surface area contributed by atoms with Gasteiger partial charge in [0.2, 0.25) is 11.8 Å². The maximum atomic E-state index is 12.4. The molecule has 0 heterocycles. The van der Waals surface area contributed by atoms with Crippen molar-refractivity contribution in [3.63, 3.8) is 0 Å². The fraction of sp³-hybridized carbons (Fsp3) is 0.471. The van der Waals surface area contributed by atoms with E-state index >= 15 is 0 Å². The van der Waals surface area contributed by atoms with Crippen LogP contribution in [0.2, 0.25) is 0 Å². The van der Waals surface area contributed by atoms with Crippen molar-refractivity contribution in [3.05, 3.63) is 29.8 Å². The highest BCUT2D eigenvalue weighted by atomic mass is 16.5. The highest BCUT2D eigenvalue weighted by molar-refractivity contribution is 5.90. The lowest BCUT2D eigenvalue weighted by atomic mass is 10.0. The van der Waals surface area contributed by atoms with Crippen LogP contribution in [0, 0.1) is 5.92 Å². The first-order valence-corrected chi connectivity index (χ1v) is 7.68. The minimum Gasteiger partial charge on any atom is -0.496 e. The fourth-order valence-electron chi connectivity index (χ4n) is 2.31. The standard InChI is InChI=1S/C17H24N2O5/c1-10(2)15(18-11(3)20)16(21)19-13(17(22)23)9-12-7-5-6-8-14(12)24-4/h5-8,10,13,15H,9H2,1-4H3,(H,18,20)(H,19,21)(H,22,23)/t13-,15-/m1/s1. The first kappa shape index (κ1) is 19.5. The molecule has 132 valence electrons. The lowest BCUT2D eigenvalue weighted by Gasteiger charge is -2.23. The van der Waals surface area contributed by atoms with Crippen molar-refractivity contribution in [2.75, 3.05) is 7.11 Å². The van der Waals surface area contributed by atoms with Crippen LogP contribution in [-0.2, 0) is 20.8 Å². The van der Waals surface area contributed by atoms with Crippen LogP contribution in [0.3, 0.4) is 0 Å². The zero-order valence-electron chi connectivity index (χ0n) is 14.3. The van der Waals surface area contributed by atoms with Crippen LogP contribution in [0.4, 0.5) is 0 Å². The second kappa shape index (κ2) is 8.90. The van der Waals surface area contributed by atoms with E-state index in [1.54, 1.807) is 38.1 Å².